The van der Waals surface area contributed by atoms with Crippen molar-refractivity contribution in [3.8, 4) is 0 Å². The monoisotopic (exact) mass is 306 g/mol. The number of rotatable bonds is 5. The molecule has 0 spiro atoms. The standard InChI is InChI=1S/C10H10ClF3N6/c11-6-4-8(19-9(18-6)10(12,13)14)15-3-1-2-7-16-5-17-20-7/h4-5H,1-3H2,(H,15,18,19)(H,16,17,20). The molecule has 0 aliphatic rings. The first-order chi connectivity index (χ1) is 9.45. The predicted molar refractivity (Wildman–Crippen MR) is 65.2 cm³/mol. The molecule has 0 radical (unpaired) electrons. The van der Waals surface area contributed by atoms with Gasteiger partial charge in [-0.25, -0.2) is 15.0 Å². The lowest BCUT2D eigenvalue weighted by molar-refractivity contribution is -0.144. The van der Waals surface area contributed by atoms with Crippen LogP contribution < -0.4 is 5.32 Å². The van der Waals surface area contributed by atoms with Crippen LogP contribution in [-0.4, -0.2) is 31.7 Å². The number of anilines is 1. The molecule has 0 amide bonds. The van der Waals surface area contributed by atoms with E-state index in [9.17, 15) is 13.2 Å². The number of nitrogens with one attached hydrogen (secondary N) is 2. The molecule has 6 nitrogen and oxygen atoms in total. The number of alkyl halides is 3. The molecule has 108 valence electrons. The molecular formula is C10H10ClF3N6. The summed E-state index contributed by atoms with van der Waals surface area (Å²) in [6, 6.07) is 1.24. The topological polar surface area (TPSA) is 79.4 Å². The zero-order chi connectivity index (χ0) is 14.6. The summed E-state index contributed by atoms with van der Waals surface area (Å²) in [5.74, 6) is -0.513. The van der Waals surface area contributed by atoms with Crippen molar-refractivity contribution in [2.24, 2.45) is 0 Å². The predicted octanol–water partition coefficient (Wildman–Crippen LogP) is 2.31. The van der Waals surface area contributed by atoms with E-state index in [1.807, 2.05) is 0 Å². The second kappa shape index (κ2) is 6.04. The SMILES string of the molecule is FC(F)(F)c1nc(Cl)cc(NCCCc2ncn[nH]2)n1. The Hall–Kier alpha value is -1.90. The maximum Gasteiger partial charge on any atom is 0.451 e. The number of aromatic nitrogens is 5. The summed E-state index contributed by atoms with van der Waals surface area (Å²) in [6.07, 6.45) is -1.96. The maximum absolute atomic E-state index is 12.5. The van der Waals surface area contributed by atoms with E-state index in [1.165, 1.54) is 12.4 Å². The quantitative estimate of drug-likeness (QED) is 0.654. The molecule has 0 aromatic carbocycles. The first-order valence-corrected chi connectivity index (χ1v) is 6.03. The van der Waals surface area contributed by atoms with Gasteiger partial charge in [0.25, 0.3) is 0 Å². The first kappa shape index (κ1) is 14.5. The van der Waals surface area contributed by atoms with E-state index >= 15 is 0 Å². The summed E-state index contributed by atoms with van der Waals surface area (Å²) in [6.45, 7) is 0.422. The summed E-state index contributed by atoms with van der Waals surface area (Å²) in [7, 11) is 0. The highest BCUT2D eigenvalue weighted by Crippen LogP contribution is 2.28. The van der Waals surface area contributed by atoms with Crippen molar-refractivity contribution >= 4 is 17.4 Å². The molecule has 2 aromatic rings. The zero-order valence-corrected chi connectivity index (χ0v) is 10.8. The number of aromatic amines is 1. The van der Waals surface area contributed by atoms with Gasteiger partial charge in [0.15, 0.2) is 0 Å². The van der Waals surface area contributed by atoms with Crippen molar-refractivity contribution < 1.29 is 13.2 Å². The largest absolute Gasteiger partial charge is 0.451 e. The van der Waals surface area contributed by atoms with Gasteiger partial charge in [-0.05, 0) is 6.42 Å². The van der Waals surface area contributed by atoms with Gasteiger partial charge < -0.3 is 5.32 Å². The molecule has 20 heavy (non-hydrogen) atoms. The average molecular weight is 307 g/mol. The fourth-order valence-corrected chi connectivity index (χ4v) is 1.64. The summed E-state index contributed by atoms with van der Waals surface area (Å²) in [5.41, 5.74) is 0. The number of H-pyrrole nitrogens is 1. The highest BCUT2D eigenvalue weighted by molar-refractivity contribution is 6.29. The van der Waals surface area contributed by atoms with Crippen molar-refractivity contribution in [2.45, 2.75) is 19.0 Å². The van der Waals surface area contributed by atoms with E-state index in [-0.39, 0.29) is 11.0 Å². The Kier molecular flexibility index (Phi) is 4.38. The highest BCUT2D eigenvalue weighted by atomic mass is 35.5. The van der Waals surface area contributed by atoms with E-state index in [4.69, 9.17) is 11.6 Å². The van der Waals surface area contributed by atoms with Crippen molar-refractivity contribution in [1.29, 1.82) is 0 Å². The zero-order valence-electron chi connectivity index (χ0n) is 10.1. The van der Waals surface area contributed by atoms with Crippen LogP contribution in [-0.2, 0) is 12.6 Å². The van der Waals surface area contributed by atoms with E-state index in [0.29, 0.717) is 25.2 Å². The third-order valence-electron chi connectivity index (χ3n) is 2.31. The van der Waals surface area contributed by atoms with Crippen LogP contribution in [0.1, 0.15) is 18.1 Å². The van der Waals surface area contributed by atoms with Crippen molar-refractivity contribution in [1.82, 2.24) is 25.1 Å². The lowest BCUT2D eigenvalue weighted by atomic mass is 10.3. The Morgan fingerprint density at radius 3 is 2.75 bits per heavy atom. The van der Waals surface area contributed by atoms with E-state index < -0.39 is 12.0 Å². The van der Waals surface area contributed by atoms with E-state index in [0.717, 1.165) is 0 Å². The summed E-state index contributed by atoms with van der Waals surface area (Å²) >= 11 is 5.54. The molecule has 2 heterocycles. The molecule has 0 aliphatic heterocycles. The second-order valence-electron chi connectivity index (χ2n) is 3.86. The number of hydrogen-bond acceptors (Lipinski definition) is 5. The molecule has 0 atom stereocenters. The molecular weight excluding hydrogens is 297 g/mol. The van der Waals surface area contributed by atoms with Gasteiger partial charge in [0.2, 0.25) is 5.82 Å². The molecule has 2 N–H and O–H groups in total. The minimum absolute atomic E-state index is 0.0369. The molecule has 2 aromatic heterocycles. The van der Waals surface area contributed by atoms with Gasteiger partial charge in [-0.1, -0.05) is 11.6 Å². The van der Waals surface area contributed by atoms with Crippen LogP contribution in [0.25, 0.3) is 0 Å². The van der Waals surface area contributed by atoms with Gasteiger partial charge in [-0.2, -0.15) is 18.3 Å². The Bertz CT molecular complexity index is 557. The van der Waals surface area contributed by atoms with E-state index in [1.54, 1.807) is 0 Å². The van der Waals surface area contributed by atoms with Gasteiger partial charge in [-0.15, -0.1) is 0 Å². The third kappa shape index (κ3) is 4.05. The fraction of sp³-hybridized carbons (Fsp3) is 0.400. The Morgan fingerprint density at radius 2 is 2.10 bits per heavy atom. The number of hydrogen-bond donors (Lipinski definition) is 2. The summed E-state index contributed by atoms with van der Waals surface area (Å²) in [4.78, 5) is 10.4. The normalized spacial score (nSPS) is 11.6. The second-order valence-corrected chi connectivity index (χ2v) is 4.25. The highest BCUT2D eigenvalue weighted by Gasteiger charge is 2.35. The smallest absolute Gasteiger partial charge is 0.370 e. The minimum atomic E-state index is -4.62. The van der Waals surface area contributed by atoms with Gasteiger partial charge >= 0.3 is 6.18 Å². The van der Waals surface area contributed by atoms with Crippen molar-refractivity contribution in [3.05, 3.63) is 29.2 Å². The molecule has 0 saturated carbocycles. The number of halogens is 4. The van der Waals surface area contributed by atoms with Crippen LogP contribution in [0, 0.1) is 0 Å². The molecule has 10 heteroatoms. The van der Waals surface area contributed by atoms with Gasteiger partial charge in [-0.3, -0.25) is 5.10 Å². The lowest BCUT2D eigenvalue weighted by Crippen LogP contribution is -2.14. The molecule has 0 fully saturated rings. The van der Waals surface area contributed by atoms with Gasteiger partial charge in [0, 0.05) is 19.0 Å². The number of nitrogens with zero attached hydrogens (tertiary/aromatic N) is 4. The Labute approximate surface area is 116 Å². The average Bonchev–Trinajstić information content (AvgIpc) is 2.86. The van der Waals surface area contributed by atoms with Crippen molar-refractivity contribution in [3.63, 3.8) is 0 Å². The lowest BCUT2D eigenvalue weighted by Gasteiger charge is -2.09. The van der Waals surface area contributed by atoms with Crippen LogP contribution in [0.3, 0.4) is 0 Å². The van der Waals surface area contributed by atoms with E-state index in [2.05, 4.69) is 30.5 Å². The maximum atomic E-state index is 12.5. The first-order valence-electron chi connectivity index (χ1n) is 5.65. The van der Waals surface area contributed by atoms with Crippen LogP contribution in [0.15, 0.2) is 12.4 Å². The van der Waals surface area contributed by atoms with Gasteiger partial charge in [0.05, 0.1) is 0 Å². The minimum Gasteiger partial charge on any atom is -0.370 e. The molecule has 2 rings (SSSR count). The molecule has 0 bridgehead atoms. The molecule has 0 aliphatic carbocycles. The number of aryl methyl sites for hydroxylation is 1. The Morgan fingerprint density at radius 1 is 1.30 bits per heavy atom. The van der Waals surface area contributed by atoms with Crippen LogP contribution in [0.5, 0.6) is 0 Å². The summed E-state index contributed by atoms with van der Waals surface area (Å²) in [5, 5.41) is 8.88. The fourth-order valence-electron chi connectivity index (χ4n) is 1.46. The summed E-state index contributed by atoms with van der Waals surface area (Å²) < 4.78 is 37.5. The van der Waals surface area contributed by atoms with Crippen LogP contribution in [0.4, 0.5) is 19.0 Å². The molecule has 0 saturated heterocycles. The third-order valence-corrected chi connectivity index (χ3v) is 2.50. The Balaban J connectivity index is 1.91. The van der Waals surface area contributed by atoms with Crippen LogP contribution in [0.2, 0.25) is 5.15 Å². The van der Waals surface area contributed by atoms with Crippen molar-refractivity contribution in [2.75, 3.05) is 11.9 Å². The van der Waals surface area contributed by atoms with Crippen LogP contribution >= 0.6 is 11.6 Å². The molecule has 0 unspecified atom stereocenters. The van der Waals surface area contributed by atoms with Gasteiger partial charge in [0.1, 0.15) is 23.1 Å².